The molecule has 3 aliphatic heterocycles. The van der Waals surface area contributed by atoms with Gasteiger partial charge in [0.15, 0.2) is 73.8 Å². The monoisotopic (exact) mass is 2040 g/mol. The summed E-state index contributed by atoms with van der Waals surface area (Å²) in [6, 6.07) is 93.5. The van der Waals surface area contributed by atoms with Crippen molar-refractivity contribution >= 4 is 89.0 Å². The Labute approximate surface area is 860 Å². The van der Waals surface area contributed by atoms with Gasteiger partial charge in [-0.05, 0) is 158 Å². The molecule has 3 fully saturated rings. The number of esters is 12. The molecule has 0 bridgehead atoms. The summed E-state index contributed by atoms with van der Waals surface area (Å²) in [4.78, 5) is 177. The molecule has 0 radical (unpaired) electrons. The van der Waals surface area contributed by atoms with Crippen molar-refractivity contribution in [1.82, 2.24) is 0 Å². The summed E-state index contributed by atoms with van der Waals surface area (Å²) in [5.74, 6) is -11.3. The van der Waals surface area contributed by atoms with E-state index in [1.54, 1.807) is 218 Å². The molecule has 3 aliphatic rings. The summed E-state index contributed by atoms with van der Waals surface area (Å²) in [6.07, 6.45) is -26.4. The lowest BCUT2D eigenvalue weighted by molar-refractivity contribution is -0.301. The van der Waals surface area contributed by atoms with Gasteiger partial charge in [-0.1, -0.05) is 218 Å². The number of benzene rings is 12. The van der Waals surface area contributed by atoms with E-state index in [9.17, 15) is 57.5 Å². The lowest BCUT2D eigenvalue weighted by Gasteiger charge is -2.44. The first-order chi connectivity index (χ1) is 72.8. The van der Waals surface area contributed by atoms with Crippen molar-refractivity contribution in [2.45, 2.75) is 92.1 Å². The van der Waals surface area contributed by atoms with Crippen LogP contribution in [0.1, 0.15) is 124 Å². The summed E-state index contributed by atoms with van der Waals surface area (Å²) >= 11 is 5.27. The van der Waals surface area contributed by atoms with E-state index in [1.807, 2.05) is 0 Å². The van der Waals surface area contributed by atoms with Gasteiger partial charge in [-0.2, -0.15) is 0 Å². The Bertz CT molecular complexity index is 5840. The van der Waals surface area contributed by atoms with Gasteiger partial charge < -0.3 is 99.5 Å². The summed E-state index contributed by atoms with van der Waals surface area (Å²) in [6.45, 7) is -6.51. The molecule has 0 amide bonds. The van der Waals surface area contributed by atoms with Gasteiger partial charge in [0.25, 0.3) is 0 Å². The molecule has 0 unspecified atom stereocenters. The minimum absolute atomic E-state index is 0.0181. The van der Waals surface area contributed by atoms with Crippen LogP contribution in [-0.2, 0) is 99.5 Å². The van der Waals surface area contributed by atoms with E-state index in [0.717, 1.165) is 0 Å². The molecule has 34 nitrogen and oxygen atoms in total. The minimum atomic E-state index is -1.84. The van der Waals surface area contributed by atoms with Crippen LogP contribution in [0.5, 0.6) is 0 Å². The van der Waals surface area contributed by atoms with E-state index in [4.69, 9.17) is 112 Å². The minimum Gasteiger partial charge on any atom is -0.459 e. The third kappa shape index (κ3) is 30.2. The zero-order chi connectivity index (χ0) is 104. The van der Waals surface area contributed by atoms with Gasteiger partial charge in [0.1, 0.15) is 38.1 Å². The van der Waals surface area contributed by atoms with E-state index in [0.29, 0.717) is 0 Å². The second-order valence-electron chi connectivity index (χ2n) is 33.8. The van der Waals surface area contributed by atoms with Crippen LogP contribution in [0, 0.1) is 5.41 Å². The third-order valence-corrected chi connectivity index (χ3v) is 23.6. The highest BCUT2D eigenvalue weighted by molar-refractivity contribution is 7.78. The van der Waals surface area contributed by atoms with E-state index >= 15 is 0 Å². The number of ether oxygens (including phenoxy) is 21. The molecular weight excluding hydrogens is 1940 g/mol. The van der Waals surface area contributed by atoms with Gasteiger partial charge in [0, 0.05) is 0 Å². The Morgan fingerprint density at radius 1 is 0.221 bits per heavy atom. The number of carbonyl (C=O) groups is 12. The average Bonchev–Trinajstić information content (AvgIpc) is 0.780. The van der Waals surface area contributed by atoms with Gasteiger partial charge in [0.2, 0.25) is 0 Å². The maximum absolute atomic E-state index is 14.6. The van der Waals surface area contributed by atoms with Crippen LogP contribution < -0.4 is 0 Å². The largest absolute Gasteiger partial charge is 0.459 e. The van der Waals surface area contributed by atoms with Crippen LogP contribution in [-0.4, -0.2) is 255 Å². The van der Waals surface area contributed by atoms with Crippen molar-refractivity contribution in [2.24, 2.45) is 10.4 Å². The second-order valence-corrected chi connectivity index (χ2v) is 34.0. The van der Waals surface area contributed by atoms with Gasteiger partial charge in [-0.25, -0.2) is 62.5 Å². The highest BCUT2D eigenvalue weighted by Gasteiger charge is 2.58. The summed E-state index contributed by atoms with van der Waals surface area (Å²) in [7, 11) is 0. The van der Waals surface area contributed by atoms with Crippen molar-refractivity contribution in [3.05, 3.63) is 431 Å². The molecule has 3 heterocycles. The van der Waals surface area contributed by atoms with Crippen molar-refractivity contribution in [2.75, 3.05) is 85.8 Å². The first-order valence-electron chi connectivity index (χ1n) is 47.4. The number of hydrogen-bond donors (Lipinski definition) is 0. The van der Waals surface area contributed by atoms with E-state index in [1.165, 1.54) is 146 Å². The molecule has 766 valence electrons. The van der Waals surface area contributed by atoms with Crippen molar-refractivity contribution < 1.29 is 157 Å². The highest BCUT2D eigenvalue weighted by Crippen LogP contribution is 2.38. The van der Waals surface area contributed by atoms with E-state index in [-0.39, 0.29) is 73.3 Å². The maximum atomic E-state index is 14.6. The van der Waals surface area contributed by atoms with Crippen molar-refractivity contribution in [1.29, 1.82) is 0 Å². The van der Waals surface area contributed by atoms with Crippen LogP contribution in [0.25, 0.3) is 0 Å². The van der Waals surface area contributed by atoms with Crippen molar-refractivity contribution in [3.8, 4) is 0 Å². The molecular formula is C114H101NO33S. The number of rotatable bonds is 47. The molecule has 0 saturated carbocycles. The summed E-state index contributed by atoms with van der Waals surface area (Å²) in [5, 5.41) is 2.40. The molecule has 15 rings (SSSR count). The Hall–Kier alpha value is -16.3. The topological polar surface area (TPSA) is 411 Å². The fraction of sp³-hybridized carbons (Fsp3) is 0.254. The number of isothiocyanates is 1. The molecule has 35 heteroatoms. The van der Waals surface area contributed by atoms with Gasteiger partial charge in [0.05, 0.1) is 143 Å². The summed E-state index contributed by atoms with van der Waals surface area (Å²) in [5.41, 5.74) is -0.950. The standard InChI is InChI=1S/C114H101NO33S/c116-99(75-37-13-1-14-38-75)134-67-87-90(140-102(119)78-43-19-4-20-44-78)93(143-105(122)81-49-25-7-26-50-81)96(146-108(125)84-55-31-10-32-56-84)111(137-87)131-64-61-128-71-114(70-115-74-149,72-129-62-65-132-112-97(147-109(126)85-57-33-11-34-58-85)94(144-106(123)82-51-27-8-28-52-82)91(141-103(120)79-45-21-5-22-46-79)88(138-112)68-135-100(117)76-39-15-2-16-40-76)73-130-63-66-133-113-98(148-110(127)86-59-35-12-36-60-86)95(145-107(124)83-53-29-9-30-54-83)92(142-104(121)80-47-23-6-24-48-80)89(139-113)69-136-101(118)77-41-17-3-18-42-77/h1-60,87-98,111-113H,61-73H2/t87-,88-,89-,90-,91-,92-,93+,94+,95+,96+,97+,98+,111+,112+,113+/m1/s1. The molecule has 0 spiro atoms. The van der Waals surface area contributed by atoms with Crippen LogP contribution >= 0.6 is 12.2 Å². The molecule has 0 N–H and O–H groups in total. The van der Waals surface area contributed by atoms with Gasteiger partial charge >= 0.3 is 71.6 Å². The average molecular weight is 2050 g/mol. The molecule has 0 aliphatic carbocycles. The predicted octanol–water partition coefficient (Wildman–Crippen LogP) is 15.0. The smallest absolute Gasteiger partial charge is 0.338 e. The molecule has 12 aromatic carbocycles. The molecule has 0 aromatic heterocycles. The van der Waals surface area contributed by atoms with Crippen LogP contribution in [0.3, 0.4) is 0 Å². The molecule has 149 heavy (non-hydrogen) atoms. The van der Waals surface area contributed by atoms with Gasteiger partial charge in [-0.15, -0.1) is 0 Å². The fourth-order valence-corrected chi connectivity index (χ4v) is 16.0. The lowest BCUT2D eigenvalue weighted by Crippen LogP contribution is -2.63. The fourth-order valence-electron chi connectivity index (χ4n) is 16.0. The highest BCUT2D eigenvalue weighted by atomic mass is 32.1. The lowest BCUT2D eigenvalue weighted by atomic mass is 9.91. The van der Waals surface area contributed by atoms with E-state index in [2.05, 4.69) is 10.2 Å². The Balaban J connectivity index is 0.751. The van der Waals surface area contributed by atoms with E-state index < -0.39 is 248 Å². The normalized spacial score (nSPS) is 20.2. The summed E-state index contributed by atoms with van der Waals surface area (Å²) < 4.78 is 134. The maximum Gasteiger partial charge on any atom is 0.338 e. The second kappa shape index (κ2) is 54.8. The molecule has 3 saturated heterocycles. The van der Waals surface area contributed by atoms with Crippen LogP contribution in [0.2, 0.25) is 0 Å². The number of carbonyl (C=O) groups excluding carboxylic acids is 12. The first-order valence-corrected chi connectivity index (χ1v) is 47.8. The quantitative estimate of drug-likeness (QED) is 0.0112. The van der Waals surface area contributed by atoms with Gasteiger partial charge in [-0.3, -0.25) is 0 Å². The number of nitrogens with zero attached hydrogens (tertiary/aromatic N) is 1. The SMILES string of the molecule is O=C(OC[C@H]1O[C@H](OCCOCC(CN=C=S)(COCCO[C@H]2O[C@H](COC(=O)c3ccccc3)[C@@H](OC(=O)c3ccccc3)[C@H](OC(=O)c3ccccc3)[C@@H]2OC(=O)c2ccccc2)COCCO[C@H]2O[C@H](COC(=O)c3ccccc3)[C@@H](OC(=O)c3ccccc3)[C@H](OC(=O)c3ccccc3)[C@@H]2OC(=O)c2ccccc2)[C@@H](OC(=O)c2ccccc2)[C@@H](OC(=O)c2ccccc2)[C@@H]1OC(=O)c1ccccc1)c1ccccc1. The number of hydrogen-bond acceptors (Lipinski definition) is 35. The Kier molecular flexibility index (Phi) is 39.3. The molecule has 12 aromatic rings. The predicted molar refractivity (Wildman–Crippen MR) is 530 cm³/mol. The third-order valence-electron chi connectivity index (χ3n) is 23.4. The molecule has 15 atom stereocenters. The number of thiocarbonyl (C=S) groups is 1. The van der Waals surface area contributed by atoms with Crippen LogP contribution in [0.4, 0.5) is 0 Å². The zero-order valence-corrected chi connectivity index (χ0v) is 80.6. The van der Waals surface area contributed by atoms with Crippen LogP contribution in [0.15, 0.2) is 369 Å². The van der Waals surface area contributed by atoms with Crippen molar-refractivity contribution in [3.63, 3.8) is 0 Å². The Morgan fingerprint density at radius 3 is 0.557 bits per heavy atom. The first kappa shape index (κ1) is 107. The Morgan fingerprint density at radius 2 is 0.383 bits per heavy atom. The zero-order valence-electron chi connectivity index (χ0n) is 79.8. The number of aliphatic imine (C=N–C) groups is 1.